The second-order valence-electron chi connectivity index (χ2n) is 4.75. The van der Waals surface area contributed by atoms with E-state index in [1.807, 2.05) is 0 Å². The lowest BCUT2D eigenvalue weighted by Crippen LogP contribution is -2.98. The van der Waals surface area contributed by atoms with Crippen LogP contribution in [0.15, 0.2) is 18.2 Å². The van der Waals surface area contributed by atoms with Crippen LogP contribution >= 0.6 is 0 Å². The molecule has 1 fully saturated rings. The summed E-state index contributed by atoms with van der Waals surface area (Å²) in [4.78, 5) is 0. The summed E-state index contributed by atoms with van der Waals surface area (Å²) in [5.74, 6) is -0.102. The highest BCUT2D eigenvalue weighted by atomic mass is 19.1. The topological polar surface area (TPSA) is 57.0 Å². The third kappa shape index (κ3) is 3.19. The van der Waals surface area contributed by atoms with Crippen molar-refractivity contribution < 1.29 is 19.3 Å². The number of halogens is 1. The molecule has 1 aliphatic rings. The summed E-state index contributed by atoms with van der Waals surface area (Å²) < 4.78 is 18.9. The maximum Gasteiger partial charge on any atom is 0.183 e. The van der Waals surface area contributed by atoms with E-state index in [4.69, 9.17) is 4.74 Å². The number of ether oxygens (including phenoxy) is 1. The highest BCUT2D eigenvalue weighted by Gasteiger charge is 2.22. The van der Waals surface area contributed by atoms with E-state index >= 15 is 0 Å². The van der Waals surface area contributed by atoms with Gasteiger partial charge in [0.15, 0.2) is 11.4 Å². The Hall–Kier alpha value is -1.17. The molecule has 2 N–H and O–H groups in total. The van der Waals surface area contributed by atoms with E-state index in [-0.39, 0.29) is 17.3 Å². The van der Waals surface area contributed by atoms with E-state index in [0.717, 1.165) is 12.8 Å². The summed E-state index contributed by atoms with van der Waals surface area (Å²) in [5, 5.41) is 20.7. The number of hydroxylamine groups is 1. The van der Waals surface area contributed by atoms with Crippen LogP contribution in [0.25, 0.3) is 0 Å². The van der Waals surface area contributed by atoms with Crippen LogP contribution in [-0.2, 0) is 0 Å². The van der Waals surface area contributed by atoms with Gasteiger partial charge in [-0.05, 0) is 31.7 Å². The Morgan fingerprint density at radius 1 is 1.33 bits per heavy atom. The van der Waals surface area contributed by atoms with Crippen molar-refractivity contribution in [3.05, 3.63) is 29.2 Å². The molecule has 0 saturated heterocycles. The predicted octanol–water partition coefficient (Wildman–Crippen LogP) is 1.15. The molecule has 0 bridgehead atoms. The first-order valence-electron chi connectivity index (χ1n) is 6.21. The SMILES string of the molecule is C[NH+]([O-])c1ccc(F)cc1OC1CCC(O)CC1. The van der Waals surface area contributed by atoms with Crippen LogP contribution in [0.3, 0.4) is 0 Å². The third-order valence-corrected chi connectivity index (χ3v) is 3.26. The average Bonchev–Trinajstić information content (AvgIpc) is 2.32. The summed E-state index contributed by atoms with van der Waals surface area (Å²) >= 11 is 0. The van der Waals surface area contributed by atoms with Gasteiger partial charge in [-0.1, -0.05) is 0 Å². The smallest absolute Gasteiger partial charge is 0.183 e. The van der Waals surface area contributed by atoms with Gasteiger partial charge in [0, 0.05) is 12.1 Å². The van der Waals surface area contributed by atoms with Crippen molar-refractivity contribution >= 4 is 5.69 Å². The molecule has 1 aliphatic carbocycles. The molecule has 4 nitrogen and oxygen atoms in total. The Morgan fingerprint density at radius 2 is 2.00 bits per heavy atom. The van der Waals surface area contributed by atoms with Crippen LogP contribution in [0, 0.1) is 11.0 Å². The van der Waals surface area contributed by atoms with E-state index in [2.05, 4.69) is 0 Å². The number of nitrogens with one attached hydrogen (secondary N) is 1. The van der Waals surface area contributed by atoms with Crippen molar-refractivity contribution in [3.8, 4) is 5.75 Å². The van der Waals surface area contributed by atoms with Crippen LogP contribution in [0.2, 0.25) is 0 Å². The molecule has 1 saturated carbocycles. The number of aliphatic hydroxyl groups excluding tert-OH is 1. The summed E-state index contributed by atoms with van der Waals surface area (Å²) in [6, 6.07) is 3.96. The summed E-state index contributed by atoms with van der Waals surface area (Å²) in [7, 11) is 1.44. The minimum Gasteiger partial charge on any atom is -0.629 e. The number of hydrogen-bond acceptors (Lipinski definition) is 3. The second-order valence-corrected chi connectivity index (χ2v) is 4.75. The molecule has 0 aliphatic heterocycles. The van der Waals surface area contributed by atoms with Crippen molar-refractivity contribution in [1.29, 1.82) is 0 Å². The van der Waals surface area contributed by atoms with Gasteiger partial charge >= 0.3 is 0 Å². The number of quaternary nitrogens is 1. The maximum atomic E-state index is 13.2. The number of hydrogen-bond donors (Lipinski definition) is 2. The summed E-state index contributed by atoms with van der Waals surface area (Å²) in [6.07, 6.45) is 2.53. The zero-order chi connectivity index (χ0) is 13.1. The zero-order valence-electron chi connectivity index (χ0n) is 10.4. The standard InChI is InChI=1S/C13H18FNO3/c1-15(17)12-7-2-9(14)8-13(12)18-11-5-3-10(16)4-6-11/h2,7-8,10-11,15-16H,3-6H2,1H3. The number of rotatable bonds is 3. The number of aliphatic hydroxyl groups is 1. The quantitative estimate of drug-likeness (QED) is 0.797. The molecular weight excluding hydrogens is 237 g/mol. The lowest BCUT2D eigenvalue weighted by atomic mass is 9.95. The molecule has 0 heterocycles. The van der Waals surface area contributed by atoms with Gasteiger partial charge in [-0.25, -0.2) is 4.39 Å². The van der Waals surface area contributed by atoms with E-state index in [1.54, 1.807) is 0 Å². The van der Waals surface area contributed by atoms with Crippen LogP contribution in [0.5, 0.6) is 5.75 Å². The van der Waals surface area contributed by atoms with Crippen LogP contribution in [0.1, 0.15) is 25.7 Å². The van der Waals surface area contributed by atoms with Crippen molar-refractivity contribution in [2.45, 2.75) is 37.9 Å². The Balaban J connectivity index is 2.10. The zero-order valence-corrected chi connectivity index (χ0v) is 10.4. The molecule has 1 aromatic rings. The largest absolute Gasteiger partial charge is 0.629 e. The van der Waals surface area contributed by atoms with Crippen LogP contribution in [0.4, 0.5) is 10.1 Å². The molecule has 5 heteroatoms. The first kappa shape index (κ1) is 13.3. The van der Waals surface area contributed by atoms with E-state index < -0.39 is 5.82 Å². The van der Waals surface area contributed by atoms with Gasteiger partial charge in [0.05, 0.1) is 19.3 Å². The highest BCUT2D eigenvalue weighted by molar-refractivity contribution is 5.46. The Labute approximate surface area is 106 Å². The van der Waals surface area contributed by atoms with Gasteiger partial charge in [-0.15, -0.1) is 0 Å². The normalized spacial score (nSPS) is 25.8. The van der Waals surface area contributed by atoms with Crippen molar-refractivity contribution in [3.63, 3.8) is 0 Å². The Kier molecular flexibility index (Phi) is 4.16. The van der Waals surface area contributed by atoms with Gasteiger partial charge in [-0.3, -0.25) is 0 Å². The monoisotopic (exact) mass is 255 g/mol. The minimum absolute atomic E-state index is 0.0479. The highest BCUT2D eigenvalue weighted by Crippen LogP contribution is 2.28. The molecule has 0 spiro atoms. The fourth-order valence-electron chi connectivity index (χ4n) is 2.23. The van der Waals surface area contributed by atoms with Gasteiger partial charge in [0.2, 0.25) is 0 Å². The molecule has 2 rings (SSSR count). The summed E-state index contributed by atoms with van der Waals surface area (Å²) in [6.45, 7) is 0. The first-order valence-corrected chi connectivity index (χ1v) is 6.21. The molecule has 18 heavy (non-hydrogen) atoms. The Morgan fingerprint density at radius 3 is 2.61 bits per heavy atom. The molecule has 1 unspecified atom stereocenters. The average molecular weight is 255 g/mol. The fourth-order valence-corrected chi connectivity index (χ4v) is 2.23. The summed E-state index contributed by atoms with van der Waals surface area (Å²) in [5.41, 5.74) is 0.405. The molecule has 1 aromatic carbocycles. The minimum atomic E-state index is -0.411. The van der Waals surface area contributed by atoms with Crippen molar-refractivity contribution in [2.24, 2.45) is 0 Å². The van der Waals surface area contributed by atoms with Crippen molar-refractivity contribution in [2.75, 3.05) is 7.05 Å². The lowest BCUT2D eigenvalue weighted by Gasteiger charge is -2.27. The predicted molar refractivity (Wildman–Crippen MR) is 65.2 cm³/mol. The van der Waals surface area contributed by atoms with Gasteiger partial charge in [0.25, 0.3) is 0 Å². The molecule has 100 valence electrons. The van der Waals surface area contributed by atoms with E-state index in [1.165, 1.54) is 25.2 Å². The van der Waals surface area contributed by atoms with Gasteiger partial charge in [-0.2, -0.15) is 0 Å². The number of benzene rings is 1. The molecule has 1 atom stereocenters. The second kappa shape index (κ2) is 5.65. The van der Waals surface area contributed by atoms with Crippen LogP contribution < -0.4 is 9.80 Å². The third-order valence-electron chi connectivity index (χ3n) is 3.26. The maximum absolute atomic E-state index is 13.2. The van der Waals surface area contributed by atoms with E-state index in [9.17, 15) is 14.7 Å². The molecular formula is C13H18FNO3. The van der Waals surface area contributed by atoms with Gasteiger partial charge in [0.1, 0.15) is 5.82 Å². The lowest BCUT2D eigenvalue weighted by molar-refractivity contribution is -0.751. The molecule has 0 radical (unpaired) electrons. The van der Waals surface area contributed by atoms with Crippen LogP contribution in [-0.4, -0.2) is 24.4 Å². The molecule has 0 amide bonds. The van der Waals surface area contributed by atoms with E-state index in [0.29, 0.717) is 24.3 Å². The fraction of sp³-hybridized carbons (Fsp3) is 0.538. The molecule has 0 aromatic heterocycles. The van der Waals surface area contributed by atoms with Gasteiger partial charge < -0.3 is 20.1 Å². The first-order chi connectivity index (χ1) is 8.56. The van der Waals surface area contributed by atoms with Crippen molar-refractivity contribution in [1.82, 2.24) is 0 Å². The Bertz CT molecular complexity index is 403.